The number of piperidine rings is 3. The molecule has 0 bridgehead atoms. The zero-order valence-corrected chi connectivity index (χ0v) is 40.8. The van der Waals surface area contributed by atoms with Crippen LogP contribution in [0.4, 0.5) is 42.0 Å². The number of nitrogens with zero attached hydrogens (tertiary/aromatic N) is 6. The van der Waals surface area contributed by atoms with Crippen LogP contribution in [0.3, 0.4) is 0 Å². The Labute approximate surface area is 399 Å². The minimum absolute atomic E-state index is 0.0432. The number of amides is 2. The average Bonchev–Trinajstić information content (AvgIpc) is 3.28. The van der Waals surface area contributed by atoms with Gasteiger partial charge in [0, 0.05) is 72.7 Å². The molecule has 4 aliphatic rings. The molecule has 0 saturated carbocycles. The molecular formula is C50H58ClF3N9O4P. The van der Waals surface area contributed by atoms with Gasteiger partial charge in [0.2, 0.25) is 17.8 Å². The van der Waals surface area contributed by atoms with Gasteiger partial charge in [0.15, 0.2) is 5.82 Å². The highest BCUT2D eigenvalue weighted by molar-refractivity contribution is 7.71. The fourth-order valence-electron chi connectivity index (χ4n) is 10.5. The third-order valence-electron chi connectivity index (χ3n) is 14.2. The molecule has 4 aliphatic heterocycles. The first-order valence-electron chi connectivity index (χ1n) is 23.7. The molecule has 0 unspecified atom stereocenters. The lowest BCUT2D eigenvalue weighted by Crippen LogP contribution is -2.64. The van der Waals surface area contributed by atoms with E-state index in [1.807, 2.05) is 6.92 Å². The molecule has 4 saturated heterocycles. The molecule has 0 aliphatic carbocycles. The number of aromatic nitrogens is 3. The van der Waals surface area contributed by atoms with E-state index in [1.54, 1.807) is 32.4 Å². The Morgan fingerprint density at radius 3 is 2.24 bits per heavy atom. The summed E-state index contributed by atoms with van der Waals surface area (Å²) in [7, 11) is -2.95. The van der Waals surface area contributed by atoms with Crippen molar-refractivity contribution in [2.45, 2.75) is 89.6 Å². The zero-order valence-electron chi connectivity index (χ0n) is 39.1. The first kappa shape index (κ1) is 47.8. The van der Waals surface area contributed by atoms with Crippen LogP contribution < -0.4 is 30.9 Å². The highest BCUT2D eigenvalue weighted by atomic mass is 35.5. The SMILES string of the molecule is CCOc1cc(N2CCC(N3CC(N4CCC(c5cc(F)c([C@H]6CCC(=O)NC6=O)c(F)c5)CC4)C3)CC2)c(CC)cc1Nc1ncc(Cl)c(Nc2ccc3nc(C)c(F)cc3c2P(C)(C)=O)n1. The molecule has 13 nitrogen and oxygen atoms in total. The molecular weight excluding hydrogens is 914 g/mol. The van der Waals surface area contributed by atoms with Crippen LogP contribution >= 0.6 is 18.7 Å². The van der Waals surface area contributed by atoms with E-state index in [2.05, 4.69) is 59.7 Å². The predicted octanol–water partition coefficient (Wildman–Crippen LogP) is 9.15. The van der Waals surface area contributed by atoms with Crippen LogP contribution in [0.5, 0.6) is 5.75 Å². The molecule has 68 heavy (non-hydrogen) atoms. The average molecular weight is 972 g/mol. The highest BCUT2D eigenvalue weighted by Gasteiger charge is 2.39. The number of fused-ring (bicyclic) bond motifs is 1. The first-order valence-corrected chi connectivity index (χ1v) is 26.6. The van der Waals surface area contributed by atoms with Gasteiger partial charge in [0.1, 0.15) is 35.4 Å². The van der Waals surface area contributed by atoms with Gasteiger partial charge in [-0.2, -0.15) is 4.98 Å². The van der Waals surface area contributed by atoms with Crippen LogP contribution in [0.2, 0.25) is 5.02 Å². The van der Waals surface area contributed by atoms with E-state index < -0.39 is 42.3 Å². The van der Waals surface area contributed by atoms with Crippen LogP contribution in [0.25, 0.3) is 10.9 Å². The quantitative estimate of drug-likeness (QED) is 0.0765. The van der Waals surface area contributed by atoms with Crippen molar-refractivity contribution >= 4 is 75.6 Å². The number of nitrogens with one attached hydrogen (secondary N) is 3. The van der Waals surface area contributed by atoms with Gasteiger partial charge in [-0.25, -0.2) is 18.2 Å². The van der Waals surface area contributed by atoms with E-state index in [1.165, 1.54) is 24.4 Å². The predicted molar refractivity (Wildman–Crippen MR) is 262 cm³/mol. The van der Waals surface area contributed by atoms with E-state index in [0.717, 1.165) is 82.6 Å². The smallest absolute Gasteiger partial charge is 0.234 e. The number of rotatable bonds is 13. The second-order valence-corrected chi connectivity index (χ2v) is 22.4. The fourth-order valence-corrected chi connectivity index (χ4v) is 12.1. The molecule has 9 rings (SSSR count). The van der Waals surface area contributed by atoms with E-state index in [4.69, 9.17) is 21.3 Å². The van der Waals surface area contributed by atoms with E-state index >= 15 is 8.78 Å². The number of likely N-dealkylation sites (tertiary alicyclic amines) is 2. The lowest BCUT2D eigenvalue weighted by molar-refractivity contribution is -0.134. The van der Waals surface area contributed by atoms with Crippen LogP contribution in [0.1, 0.15) is 86.6 Å². The maximum absolute atomic E-state index is 15.3. The van der Waals surface area contributed by atoms with Crippen molar-refractivity contribution in [1.29, 1.82) is 0 Å². The summed E-state index contributed by atoms with van der Waals surface area (Å²) >= 11 is 6.63. The molecule has 2 amide bonds. The lowest BCUT2D eigenvalue weighted by atomic mass is 9.84. The van der Waals surface area contributed by atoms with Gasteiger partial charge in [0.05, 0.1) is 41.3 Å². The lowest BCUT2D eigenvalue weighted by Gasteiger charge is -2.52. The normalized spacial score (nSPS) is 19.3. The summed E-state index contributed by atoms with van der Waals surface area (Å²) in [6.45, 7) is 15.0. The summed E-state index contributed by atoms with van der Waals surface area (Å²) in [4.78, 5) is 45.1. The number of imide groups is 1. The standard InChI is InChI=1S/C50H58ClF3N9O4P/c1-6-29-22-42(58-50-55-25-36(51)48(60-50)57-41-10-9-40-35(47(41)68(4,5)66)23-37(52)28(3)56-40)44(67-7-2)24-43(29)62-18-14-32(15-19-62)63-26-33(27-63)61-16-12-30(13-17-61)31-20-38(53)46(39(54)21-31)34-8-11-45(64)59-49(34)65/h9-10,20-25,30,32-34H,6-8,11-19,26-27H2,1-5H3,(H,59,64,65)(H2,55,57,58,60)/t34-/m1/s1. The number of hydrogen-bond donors (Lipinski definition) is 3. The van der Waals surface area contributed by atoms with Crippen molar-refractivity contribution in [3.8, 4) is 5.75 Å². The molecule has 3 aromatic carbocycles. The first-order chi connectivity index (χ1) is 32.6. The maximum Gasteiger partial charge on any atom is 0.234 e. The zero-order chi connectivity index (χ0) is 48.0. The second-order valence-electron chi connectivity index (χ2n) is 18.9. The van der Waals surface area contributed by atoms with Crippen LogP contribution in [0, 0.1) is 24.4 Å². The van der Waals surface area contributed by atoms with E-state index in [0.29, 0.717) is 57.6 Å². The van der Waals surface area contributed by atoms with Gasteiger partial charge >= 0.3 is 0 Å². The topological polar surface area (TPSA) is 145 Å². The number of pyridine rings is 1. The van der Waals surface area contributed by atoms with Crippen molar-refractivity contribution < 1.29 is 32.1 Å². The molecule has 0 radical (unpaired) electrons. The Kier molecular flexibility index (Phi) is 13.8. The van der Waals surface area contributed by atoms with Crippen molar-refractivity contribution in [2.24, 2.45) is 0 Å². The van der Waals surface area contributed by atoms with Crippen LogP contribution in [-0.4, -0.2) is 108 Å². The van der Waals surface area contributed by atoms with Crippen molar-refractivity contribution in [3.05, 3.63) is 93.5 Å². The summed E-state index contributed by atoms with van der Waals surface area (Å²) in [6.07, 6.45) is 6.16. The number of halogens is 4. The highest BCUT2D eigenvalue weighted by Crippen LogP contribution is 2.43. The van der Waals surface area contributed by atoms with E-state index in [-0.39, 0.29) is 46.8 Å². The molecule has 3 N–H and O–H groups in total. The second kappa shape index (κ2) is 19.6. The maximum atomic E-state index is 15.3. The molecule has 360 valence electrons. The van der Waals surface area contributed by atoms with Crippen LogP contribution in [-0.2, 0) is 20.6 Å². The summed E-state index contributed by atoms with van der Waals surface area (Å²) < 4.78 is 65.2. The van der Waals surface area contributed by atoms with Crippen molar-refractivity contribution in [3.63, 3.8) is 0 Å². The number of carbonyl (C=O) groups excluding carboxylic acids is 2. The number of carbonyl (C=O) groups is 2. The van der Waals surface area contributed by atoms with Gasteiger partial charge < -0.3 is 24.8 Å². The third-order valence-corrected chi connectivity index (χ3v) is 16.0. The van der Waals surface area contributed by atoms with Gasteiger partial charge in [-0.3, -0.25) is 29.7 Å². The Balaban J connectivity index is 0.810. The summed E-state index contributed by atoms with van der Waals surface area (Å²) in [5.41, 5.74) is 4.69. The largest absolute Gasteiger partial charge is 0.492 e. The van der Waals surface area contributed by atoms with E-state index in [9.17, 15) is 18.5 Å². The third kappa shape index (κ3) is 9.79. The molecule has 5 aromatic rings. The fraction of sp³-hybridized carbons (Fsp3) is 0.460. The van der Waals surface area contributed by atoms with Crippen LogP contribution in [0.15, 0.2) is 48.7 Å². The van der Waals surface area contributed by atoms with Gasteiger partial charge in [-0.05, 0) is 132 Å². The minimum atomic E-state index is -2.95. The molecule has 2 aromatic heterocycles. The Bertz CT molecular complexity index is 2790. The Morgan fingerprint density at radius 2 is 1.57 bits per heavy atom. The van der Waals surface area contributed by atoms with Gasteiger partial charge in [0.25, 0.3) is 0 Å². The summed E-state index contributed by atoms with van der Waals surface area (Å²) in [5.74, 6) is -2.68. The number of aryl methyl sites for hydroxylation is 2. The Morgan fingerprint density at radius 1 is 0.853 bits per heavy atom. The Hall–Kier alpha value is -5.28. The number of hydrogen-bond acceptors (Lipinski definition) is 12. The minimum Gasteiger partial charge on any atom is -0.492 e. The van der Waals surface area contributed by atoms with Crippen molar-refractivity contribution in [2.75, 3.05) is 74.7 Å². The number of ether oxygens (including phenoxy) is 1. The number of anilines is 5. The molecule has 18 heteroatoms. The van der Waals surface area contributed by atoms with Gasteiger partial charge in [-0.1, -0.05) is 18.5 Å². The number of benzene rings is 3. The molecule has 1 atom stereocenters. The molecule has 6 heterocycles. The summed E-state index contributed by atoms with van der Waals surface area (Å²) in [6, 6.07) is 12.8. The summed E-state index contributed by atoms with van der Waals surface area (Å²) in [5, 5.41) is 9.98. The van der Waals surface area contributed by atoms with Crippen molar-refractivity contribution in [1.82, 2.24) is 30.1 Å². The van der Waals surface area contributed by atoms with Gasteiger partial charge in [-0.15, -0.1) is 0 Å². The molecule has 4 fully saturated rings. The molecule has 0 spiro atoms. The monoisotopic (exact) mass is 971 g/mol.